The lowest BCUT2D eigenvalue weighted by atomic mass is 10.2. The van der Waals surface area contributed by atoms with Crippen molar-refractivity contribution in [1.82, 2.24) is 0 Å². The molecule has 0 amide bonds. The molecule has 0 radical (unpaired) electrons. The molecule has 0 saturated heterocycles. The number of benzene rings is 1. The predicted octanol–water partition coefficient (Wildman–Crippen LogP) is 2.78. The van der Waals surface area contributed by atoms with Gasteiger partial charge in [0.2, 0.25) is 5.12 Å². The van der Waals surface area contributed by atoms with Gasteiger partial charge in [0.25, 0.3) is 0 Å². The smallest absolute Gasteiger partial charge is 0.219 e. The van der Waals surface area contributed by atoms with E-state index in [0.29, 0.717) is 11.1 Å². The summed E-state index contributed by atoms with van der Waals surface area (Å²) >= 11 is 1.32. The number of carbonyl (C=O) groups excluding carboxylic acids is 2. The van der Waals surface area contributed by atoms with Gasteiger partial charge in [-0.2, -0.15) is 0 Å². The van der Waals surface area contributed by atoms with E-state index >= 15 is 0 Å². The van der Waals surface area contributed by atoms with Crippen LogP contribution in [-0.2, 0) is 0 Å². The number of carbonyl (C=O) groups is 2. The lowest BCUT2D eigenvalue weighted by molar-refractivity contribution is 0.108. The Balaban J connectivity index is 2.66. The third-order valence-corrected chi connectivity index (χ3v) is 2.83. The van der Waals surface area contributed by atoms with E-state index in [2.05, 4.69) is 0 Å². The molecule has 0 aliphatic heterocycles. The summed E-state index contributed by atoms with van der Waals surface area (Å²) in [5, 5.41) is 0.0734. The summed E-state index contributed by atoms with van der Waals surface area (Å²) in [6.07, 6.45) is 1.76. The first kappa shape index (κ1) is 11.0. The van der Waals surface area contributed by atoms with Crippen molar-refractivity contribution >= 4 is 23.2 Å². The average Bonchev–Trinajstić information content (AvgIpc) is 2.26. The van der Waals surface area contributed by atoms with Crippen molar-refractivity contribution in [2.24, 2.45) is 0 Å². The summed E-state index contributed by atoms with van der Waals surface area (Å²) in [6, 6.07) is 6.70. The zero-order chi connectivity index (χ0) is 10.4. The first-order chi connectivity index (χ1) is 6.77. The molecule has 0 aromatic heterocycles. The summed E-state index contributed by atoms with van der Waals surface area (Å²) in [7, 11) is 0. The fraction of sp³-hybridized carbons (Fsp3) is 0.273. The molecule has 3 heteroatoms. The molecule has 2 nitrogen and oxygen atoms in total. The Morgan fingerprint density at radius 3 is 2.50 bits per heavy atom. The molecule has 0 spiro atoms. The maximum atomic E-state index is 11.5. The molecular weight excluding hydrogens is 196 g/mol. The normalized spacial score (nSPS) is 9.79. The molecule has 1 rings (SSSR count). The molecule has 14 heavy (non-hydrogen) atoms. The minimum atomic E-state index is 0.0734. The largest absolute Gasteiger partial charge is 0.298 e. The SMILES string of the molecule is CCCSC(=O)c1ccc(C=O)cc1. The Labute approximate surface area is 87.7 Å². The topological polar surface area (TPSA) is 34.1 Å². The summed E-state index contributed by atoms with van der Waals surface area (Å²) in [6.45, 7) is 2.04. The van der Waals surface area contributed by atoms with Crippen LogP contribution in [0.5, 0.6) is 0 Å². The highest BCUT2D eigenvalue weighted by Crippen LogP contribution is 2.13. The Hall–Kier alpha value is -1.09. The fourth-order valence-electron chi connectivity index (χ4n) is 0.976. The van der Waals surface area contributed by atoms with Crippen molar-refractivity contribution in [3.8, 4) is 0 Å². The van der Waals surface area contributed by atoms with Crippen LogP contribution in [0, 0.1) is 0 Å². The molecule has 1 aromatic carbocycles. The van der Waals surface area contributed by atoms with Gasteiger partial charge in [0.05, 0.1) is 0 Å². The van der Waals surface area contributed by atoms with Crippen LogP contribution in [0.25, 0.3) is 0 Å². The van der Waals surface area contributed by atoms with E-state index in [0.717, 1.165) is 18.5 Å². The van der Waals surface area contributed by atoms with Crippen LogP contribution in [0.4, 0.5) is 0 Å². The maximum absolute atomic E-state index is 11.5. The second-order valence-electron chi connectivity index (χ2n) is 2.88. The zero-order valence-corrected chi connectivity index (χ0v) is 8.84. The molecular formula is C11H12O2S. The standard InChI is InChI=1S/C11H12O2S/c1-2-7-14-11(13)10-5-3-9(8-12)4-6-10/h3-6,8H,2,7H2,1H3. The Kier molecular flexibility index (Phi) is 4.40. The molecule has 1 aromatic rings. The van der Waals surface area contributed by atoms with Gasteiger partial charge in [-0.15, -0.1) is 0 Å². The van der Waals surface area contributed by atoms with Crippen LogP contribution < -0.4 is 0 Å². The number of hydrogen-bond acceptors (Lipinski definition) is 3. The molecule has 0 saturated carbocycles. The van der Waals surface area contributed by atoms with Crippen molar-refractivity contribution in [3.05, 3.63) is 35.4 Å². The van der Waals surface area contributed by atoms with Gasteiger partial charge in [-0.25, -0.2) is 0 Å². The molecule has 0 aliphatic carbocycles. The summed E-state index contributed by atoms with van der Waals surface area (Å²) in [4.78, 5) is 21.8. The first-order valence-corrected chi connectivity index (χ1v) is 5.49. The second kappa shape index (κ2) is 5.60. The number of aldehydes is 1. The Morgan fingerprint density at radius 2 is 2.00 bits per heavy atom. The number of rotatable bonds is 4. The minimum Gasteiger partial charge on any atom is -0.298 e. The molecule has 0 unspecified atom stereocenters. The van der Waals surface area contributed by atoms with Crippen LogP contribution in [0.2, 0.25) is 0 Å². The maximum Gasteiger partial charge on any atom is 0.219 e. The van der Waals surface area contributed by atoms with Crippen molar-refractivity contribution in [1.29, 1.82) is 0 Å². The molecule has 74 valence electrons. The van der Waals surface area contributed by atoms with Gasteiger partial charge in [-0.05, 0) is 18.6 Å². The highest BCUT2D eigenvalue weighted by atomic mass is 32.2. The third kappa shape index (κ3) is 3.00. The predicted molar refractivity (Wildman–Crippen MR) is 58.9 cm³/mol. The lowest BCUT2D eigenvalue weighted by Crippen LogP contribution is -1.94. The summed E-state index contributed by atoms with van der Waals surface area (Å²) in [5.74, 6) is 0.842. The van der Waals surface area contributed by atoms with Crippen molar-refractivity contribution < 1.29 is 9.59 Å². The summed E-state index contributed by atoms with van der Waals surface area (Å²) < 4.78 is 0. The quantitative estimate of drug-likeness (QED) is 0.713. The lowest BCUT2D eigenvalue weighted by Gasteiger charge is -1.99. The minimum absolute atomic E-state index is 0.0734. The molecule has 0 fully saturated rings. The van der Waals surface area contributed by atoms with Gasteiger partial charge in [0.1, 0.15) is 6.29 Å². The van der Waals surface area contributed by atoms with Crippen molar-refractivity contribution in [3.63, 3.8) is 0 Å². The van der Waals surface area contributed by atoms with Crippen LogP contribution >= 0.6 is 11.8 Å². The second-order valence-corrected chi connectivity index (χ2v) is 3.94. The van der Waals surface area contributed by atoms with E-state index in [9.17, 15) is 9.59 Å². The van der Waals surface area contributed by atoms with Gasteiger partial charge in [0, 0.05) is 16.9 Å². The highest BCUT2D eigenvalue weighted by molar-refractivity contribution is 8.14. The van der Waals surface area contributed by atoms with Gasteiger partial charge in [0.15, 0.2) is 0 Å². The van der Waals surface area contributed by atoms with Crippen molar-refractivity contribution in [2.75, 3.05) is 5.75 Å². The molecule has 0 atom stereocenters. The van der Waals surface area contributed by atoms with Gasteiger partial charge in [-0.3, -0.25) is 9.59 Å². The van der Waals surface area contributed by atoms with Crippen molar-refractivity contribution in [2.45, 2.75) is 13.3 Å². The van der Waals surface area contributed by atoms with E-state index in [-0.39, 0.29) is 5.12 Å². The molecule has 0 heterocycles. The average molecular weight is 208 g/mol. The van der Waals surface area contributed by atoms with E-state index in [1.54, 1.807) is 24.3 Å². The van der Waals surface area contributed by atoms with E-state index in [4.69, 9.17) is 0 Å². The fourth-order valence-corrected chi connectivity index (χ4v) is 1.67. The van der Waals surface area contributed by atoms with Gasteiger partial charge in [-0.1, -0.05) is 30.8 Å². The summed E-state index contributed by atoms with van der Waals surface area (Å²) in [5.41, 5.74) is 1.26. The zero-order valence-electron chi connectivity index (χ0n) is 8.03. The Morgan fingerprint density at radius 1 is 1.36 bits per heavy atom. The first-order valence-electron chi connectivity index (χ1n) is 4.50. The van der Waals surface area contributed by atoms with Crippen LogP contribution in [0.1, 0.15) is 34.1 Å². The number of thioether (sulfide) groups is 1. The number of hydrogen-bond donors (Lipinski definition) is 0. The van der Waals surface area contributed by atoms with E-state index < -0.39 is 0 Å². The molecule has 0 N–H and O–H groups in total. The van der Waals surface area contributed by atoms with Crippen LogP contribution in [0.15, 0.2) is 24.3 Å². The van der Waals surface area contributed by atoms with E-state index in [1.165, 1.54) is 11.8 Å². The molecule has 0 aliphatic rings. The third-order valence-electron chi connectivity index (χ3n) is 1.72. The molecule has 0 bridgehead atoms. The monoisotopic (exact) mass is 208 g/mol. The van der Waals surface area contributed by atoms with Gasteiger partial charge >= 0.3 is 0 Å². The van der Waals surface area contributed by atoms with E-state index in [1.807, 2.05) is 6.92 Å². The Bertz CT molecular complexity index is 317. The van der Waals surface area contributed by atoms with Crippen LogP contribution in [-0.4, -0.2) is 17.2 Å². The van der Waals surface area contributed by atoms with Crippen LogP contribution in [0.3, 0.4) is 0 Å². The van der Waals surface area contributed by atoms with Gasteiger partial charge < -0.3 is 0 Å². The highest BCUT2D eigenvalue weighted by Gasteiger charge is 2.04.